The van der Waals surface area contributed by atoms with Crippen LogP contribution in [-0.4, -0.2) is 24.5 Å². The Hall–Kier alpha value is -2.98. The van der Waals surface area contributed by atoms with Gasteiger partial charge in [0, 0.05) is 26.3 Å². The second-order valence-electron chi connectivity index (χ2n) is 6.92. The minimum atomic E-state index is -3.78. The van der Waals surface area contributed by atoms with Crippen LogP contribution in [0.2, 0.25) is 0 Å². The number of hydrogen-bond acceptors (Lipinski definition) is 4. The molecule has 3 aromatic carbocycles. The summed E-state index contributed by atoms with van der Waals surface area (Å²) < 4.78 is 28.6. The zero-order chi connectivity index (χ0) is 22.0. The summed E-state index contributed by atoms with van der Waals surface area (Å²) in [6.45, 7) is 1.90. The monoisotopic (exact) mass is 543 g/mol. The Morgan fingerprint density at radius 1 is 1.03 bits per heavy atom. The first-order valence-corrected chi connectivity index (χ1v) is 11.9. The minimum absolute atomic E-state index is 0.203. The van der Waals surface area contributed by atoms with Gasteiger partial charge >= 0.3 is 0 Å². The number of amides is 1. The van der Waals surface area contributed by atoms with Crippen molar-refractivity contribution in [1.82, 2.24) is 9.40 Å². The Morgan fingerprint density at radius 3 is 2.52 bits per heavy atom. The van der Waals surface area contributed by atoms with Crippen LogP contribution in [0.5, 0.6) is 0 Å². The first-order valence-electron chi connectivity index (χ1n) is 9.37. The highest BCUT2D eigenvalue weighted by Crippen LogP contribution is 2.25. The molecule has 6 nitrogen and oxygen atoms in total. The average molecular weight is 543 g/mol. The van der Waals surface area contributed by atoms with E-state index in [1.54, 1.807) is 54.6 Å². The molecule has 4 aromatic rings. The summed E-state index contributed by atoms with van der Waals surface area (Å²) in [4.78, 5) is 12.5. The summed E-state index contributed by atoms with van der Waals surface area (Å²) >= 11 is 2.13. The maximum absolute atomic E-state index is 13.2. The lowest BCUT2D eigenvalue weighted by atomic mass is 10.2. The highest BCUT2D eigenvalue weighted by molar-refractivity contribution is 14.1. The van der Waals surface area contributed by atoms with Crippen LogP contribution >= 0.6 is 22.6 Å². The standard InChI is InChI=1S/C23H18IN3O3S/c1-16-9-11-20(12-10-16)31(29,30)27-15-18(21-7-2-3-8-22(21)27)14-25-26-23(28)17-5-4-6-19(24)13-17/h2-15H,1H3,(H,26,28)/b25-14-. The maximum Gasteiger partial charge on any atom is 0.271 e. The number of para-hydroxylation sites is 1. The molecule has 1 N–H and O–H groups in total. The van der Waals surface area contributed by atoms with Crippen molar-refractivity contribution in [2.75, 3.05) is 0 Å². The van der Waals surface area contributed by atoms with E-state index in [0.717, 1.165) is 9.13 Å². The molecule has 0 fully saturated rings. The van der Waals surface area contributed by atoms with E-state index in [0.29, 0.717) is 22.0 Å². The topological polar surface area (TPSA) is 80.5 Å². The molecule has 0 unspecified atom stereocenters. The molecule has 1 aromatic heterocycles. The van der Waals surface area contributed by atoms with Crippen molar-refractivity contribution in [1.29, 1.82) is 0 Å². The number of hydrazone groups is 1. The Balaban J connectivity index is 1.68. The van der Waals surface area contributed by atoms with Crippen LogP contribution in [0.1, 0.15) is 21.5 Å². The summed E-state index contributed by atoms with van der Waals surface area (Å²) in [5, 5.41) is 4.76. The zero-order valence-electron chi connectivity index (χ0n) is 16.5. The zero-order valence-corrected chi connectivity index (χ0v) is 19.5. The number of carbonyl (C=O) groups is 1. The number of halogens is 1. The first-order chi connectivity index (χ1) is 14.9. The van der Waals surface area contributed by atoms with Gasteiger partial charge in [0.05, 0.1) is 16.6 Å². The van der Waals surface area contributed by atoms with Gasteiger partial charge in [-0.25, -0.2) is 17.8 Å². The van der Waals surface area contributed by atoms with Crippen LogP contribution in [0.15, 0.2) is 89.0 Å². The second kappa shape index (κ2) is 8.64. The molecule has 0 spiro atoms. The fraction of sp³-hybridized carbons (Fsp3) is 0.0435. The molecule has 0 saturated heterocycles. The van der Waals surface area contributed by atoms with E-state index in [-0.39, 0.29) is 10.8 Å². The minimum Gasteiger partial charge on any atom is -0.267 e. The molecule has 0 atom stereocenters. The Bertz CT molecular complexity index is 1410. The van der Waals surface area contributed by atoms with Crippen molar-refractivity contribution in [3.63, 3.8) is 0 Å². The predicted octanol–water partition coefficient (Wildman–Crippen LogP) is 4.56. The number of rotatable bonds is 5. The Morgan fingerprint density at radius 2 is 1.77 bits per heavy atom. The van der Waals surface area contributed by atoms with Gasteiger partial charge in [0.1, 0.15) is 0 Å². The molecule has 4 rings (SSSR count). The molecule has 156 valence electrons. The molecule has 31 heavy (non-hydrogen) atoms. The van der Waals surface area contributed by atoms with Crippen LogP contribution in [0.4, 0.5) is 0 Å². The van der Waals surface area contributed by atoms with Crippen LogP contribution in [0.3, 0.4) is 0 Å². The van der Waals surface area contributed by atoms with E-state index < -0.39 is 10.0 Å². The smallest absolute Gasteiger partial charge is 0.267 e. The Kier molecular flexibility index (Phi) is 5.92. The van der Waals surface area contributed by atoms with Crippen LogP contribution in [0, 0.1) is 10.5 Å². The highest BCUT2D eigenvalue weighted by atomic mass is 127. The quantitative estimate of drug-likeness (QED) is 0.228. The molecule has 0 saturated carbocycles. The highest BCUT2D eigenvalue weighted by Gasteiger charge is 2.20. The van der Waals surface area contributed by atoms with Crippen molar-refractivity contribution in [3.05, 3.63) is 99.3 Å². The molecule has 1 amide bonds. The van der Waals surface area contributed by atoms with Crippen molar-refractivity contribution < 1.29 is 13.2 Å². The van der Waals surface area contributed by atoms with Gasteiger partial charge in [-0.3, -0.25) is 4.79 Å². The summed E-state index contributed by atoms with van der Waals surface area (Å²) in [7, 11) is -3.78. The largest absolute Gasteiger partial charge is 0.271 e. The van der Waals surface area contributed by atoms with Crippen LogP contribution < -0.4 is 5.43 Å². The fourth-order valence-electron chi connectivity index (χ4n) is 3.16. The number of aryl methyl sites for hydroxylation is 1. The molecule has 0 radical (unpaired) electrons. The summed E-state index contributed by atoms with van der Waals surface area (Å²) in [5.74, 6) is -0.342. The molecule has 0 bridgehead atoms. The van der Waals surface area contributed by atoms with E-state index >= 15 is 0 Å². The average Bonchev–Trinajstić information content (AvgIpc) is 3.14. The predicted molar refractivity (Wildman–Crippen MR) is 130 cm³/mol. The van der Waals surface area contributed by atoms with Gasteiger partial charge in [0.2, 0.25) is 0 Å². The molecule has 0 aliphatic carbocycles. The molecule has 8 heteroatoms. The van der Waals surface area contributed by atoms with Crippen molar-refractivity contribution in [3.8, 4) is 0 Å². The van der Waals surface area contributed by atoms with Crippen molar-refractivity contribution in [2.45, 2.75) is 11.8 Å². The van der Waals surface area contributed by atoms with Gasteiger partial charge in [-0.05, 0) is 65.9 Å². The maximum atomic E-state index is 13.2. The summed E-state index contributed by atoms with van der Waals surface area (Å²) in [5.41, 5.74) is 5.08. The van der Waals surface area contributed by atoms with Crippen molar-refractivity contribution >= 4 is 55.6 Å². The van der Waals surface area contributed by atoms with Gasteiger partial charge in [0.25, 0.3) is 15.9 Å². The summed E-state index contributed by atoms with van der Waals surface area (Å²) in [6.07, 6.45) is 2.97. The Labute approximate surface area is 193 Å². The molecule has 0 aliphatic rings. The lowest BCUT2D eigenvalue weighted by Crippen LogP contribution is -2.17. The summed E-state index contributed by atoms with van der Waals surface area (Å²) in [6, 6.07) is 21.0. The lowest BCUT2D eigenvalue weighted by molar-refractivity contribution is 0.0955. The number of nitrogens with one attached hydrogen (secondary N) is 1. The van der Waals surface area contributed by atoms with Gasteiger partial charge in [-0.15, -0.1) is 0 Å². The number of nitrogens with zero attached hydrogens (tertiary/aromatic N) is 2. The van der Waals surface area contributed by atoms with E-state index in [4.69, 9.17) is 0 Å². The van der Waals surface area contributed by atoms with Gasteiger partial charge in [-0.2, -0.15) is 5.10 Å². The number of benzene rings is 3. The van der Waals surface area contributed by atoms with Gasteiger partial charge < -0.3 is 0 Å². The molecular weight excluding hydrogens is 525 g/mol. The normalized spacial score (nSPS) is 11.8. The number of fused-ring (bicyclic) bond motifs is 1. The molecular formula is C23H18IN3O3S. The third-order valence-electron chi connectivity index (χ3n) is 4.74. The van der Waals surface area contributed by atoms with E-state index in [1.807, 2.05) is 25.1 Å². The van der Waals surface area contributed by atoms with E-state index in [9.17, 15) is 13.2 Å². The number of carbonyl (C=O) groups excluding carboxylic acids is 1. The SMILES string of the molecule is Cc1ccc(S(=O)(=O)n2cc(/C=N\NC(=O)c3cccc(I)c3)c3ccccc32)cc1. The van der Waals surface area contributed by atoms with Gasteiger partial charge in [0.15, 0.2) is 0 Å². The fourth-order valence-corrected chi connectivity index (χ4v) is 5.08. The first kappa shape index (κ1) is 21.3. The van der Waals surface area contributed by atoms with Crippen molar-refractivity contribution in [2.24, 2.45) is 5.10 Å². The third-order valence-corrected chi connectivity index (χ3v) is 7.10. The molecule has 0 aliphatic heterocycles. The molecule has 1 heterocycles. The van der Waals surface area contributed by atoms with Crippen LogP contribution in [0.25, 0.3) is 10.9 Å². The number of aromatic nitrogens is 1. The lowest BCUT2D eigenvalue weighted by Gasteiger charge is -2.07. The van der Waals surface area contributed by atoms with E-state index in [2.05, 4.69) is 33.1 Å². The second-order valence-corrected chi connectivity index (χ2v) is 9.99. The van der Waals surface area contributed by atoms with E-state index in [1.165, 1.54) is 16.4 Å². The van der Waals surface area contributed by atoms with Crippen LogP contribution in [-0.2, 0) is 10.0 Å². The third kappa shape index (κ3) is 4.40. The number of hydrogen-bond donors (Lipinski definition) is 1. The van der Waals surface area contributed by atoms with Gasteiger partial charge in [-0.1, -0.05) is 42.0 Å².